The van der Waals surface area contributed by atoms with E-state index >= 15 is 0 Å². The lowest BCUT2D eigenvalue weighted by Gasteiger charge is -2.34. The zero-order chi connectivity index (χ0) is 21.8. The molecule has 0 aromatic heterocycles. The van der Waals surface area contributed by atoms with E-state index in [-0.39, 0.29) is 0 Å². The van der Waals surface area contributed by atoms with Gasteiger partial charge in [0.05, 0.1) is 0 Å². The first-order chi connectivity index (χ1) is 15.1. The third-order valence-corrected chi connectivity index (χ3v) is 6.69. The molecule has 2 aliphatic heterocycles. The summed E-state index contributed by atoms with van der Waals surface area (Å²) >= 11 is 0. The Morgan fingerprint density at radius 3 is 2.42 bits per heavy atom. The van der Waals surface area contributed by atoms with E-state index in [4.69, 9.17) is 0 Å². The van der Waals surface area contributed by atoms with Gasteiger partial charge in [0, 0.05) is 18.6 Å². The summed E-state index contributed by atoms with van der Waals surface area (Å²) in [5, 5.41) is 2.16. The van der Waals surface area contributed by atoms with Crippen molar-refractivity contribution in [1.29, 1.82) is 0 Å². The number of fused-ring (bicyclic) bond motifs is 2. The molecule has 2 atom stereocenters. The van der Waals surface area contributed by atoms with Gasteiger partial charge in [-0.15, -0.1) is 0 Å². The lowest BCUT2D eigenvalue weighted by atomic mass is 9.93. The van der Waals surface area contributed by atoms with E-state index < -0.39 is 0 Å². The first kappa shape index (κ1) is 21.3. The number of rotatable bonds is 6. The molecule has 158 valence electrons. The Labute approximate surface area is 187 Å². The highest BCUT2D eigenvalue weighted by Crippen LogP contribution is 2.39. The number of nitrogens with zero attached hydrogens (tertiary/aromatic N) is 1. The monoisotopic (exact) mass is 407 g/mol. The highest BCUT2D eigenvalue weighted by atomic mass is 15.2. The smallest absolute Gasteiger partial charge is 0.0291 e. The van der Waals surface area contributed by atoms with E-state index in [1.807, 2.05) is 12.2 Å². The minimum atomic E-state index is 0.566. The van der Waals surface area contributed by atoms with Gasteiger partial charge in [-0.2, -0.15) is 0 Å². The minimum Gasteiger partial charge on any atom is -0.289 e. The average Bonchev–Trinajstić information content (AvgIpc) is 3.01. The number of hydrogen-bond acceptors (Lipinski definition) is 1. The topological polar surface area (TPSA) is 3.24 Å². The molecule has 2 aromatic rings. The highest BCUT2D eigenvalue weighted by molar-refractivity contribution is 5.72. The van der Waals surface area contributed by atoms with Crippen molar-refractivity contribution >= 4 is 18.2 Å². The van der Waals surface area contributed by atoms with E-state index in [0.717, 1.165) is 23.4 Å². The maximum absolute atomic E-state index is 4.18. The molecule has 2 bridgehead atoms. The van der Waals surface area contributed by atoms with Crippen molar-refractivity contribution in [3.63, 3.8) is 0 Å². The maximum atomic E-state index is 4.18. The SMILES string of the molecule is C=CC=c1ccc(-c2ccc(C3=CC4CCC(C3)N4CC(C=CC)=CC)cc2)cc1=C. The van der Waals surface area contributed by atoms with Crippen LogP contribution in [0.5, 0.6) is 0 Å². The Bertz CT molecular complexity index is 1140. The number of hydrogen-bond donors (Lipinski definition) is 0. The molecule has 1 heteroatoms. The van der Waals surface area contributed by atoms with Crippen LogP contribution in [-0.4, -0.2) is 23.5 Å². The molecule has 0 radical (unpaired) electrons. The van der Waals surface area contributed by atoms with Gasteiger partial charge in [0.25, 0.3) is 0 Å². The van der Waals surface area contributed by atoms with Crippen molar-refractivity contribution in [2.75, 3.05) is 6.54 Å². The van der Waals surface area contributed by atoms with E-state index in [1.54, 1.807) is 0 Å². The zero-order valence-corrected chi connectivity index (χ0v) is 18.9. The third kappa shape index (κ3) is 4.57. The summed E-state index contributed by atoms with van der Waals surface area (Å²) in [7, 11) is 0. The normalized spacial score (nSPS) is 22.2. The van der Waals surface area contributed by atoms with E-state index in [0.29, 0.717) is 12.1 Å². The van der Waals surface area contributed by atoms with Crippen LogP contribution in [0.1, 0.15) is 38.7 Å². The molecule has 1 nitrogen and oxygen atoms in total. The average molecular weight is 408 g/mol. The molecule has 2 aliphatic rings. The summed E-state index contributed by atoms with van der Waals surface area (Å²) in [6.07, 6.45) is 16.7. The van der Waals surface area contributed by atoms with Crippen LogP contribution in [0.2, 0.25) is 0 Å². The Balaban J connectivity index is 1.53. The van der Waals surface area contributed by atoms with Crippen molar-refractivity contribution in [3.05, 3.63) is 101 Å². The molecular formula is C30H33N. The van der Waals surface area contributed by atoms with Crippen LogP contribution >= 0.6 is 0 Å². The predicted octanol–water partition coefficient (Wildman–Crippen LogP) is 5.87. The van der Waals surface area contributed by atoms with Crippen molar-refractivity contribution < 1.29 is 0 Å². The second kappa shape index (κ2) is 9.49. The fraction of sp³-hybridized carbons (Fsp3) is 0.267. The molecule has 2 unspecified atom stereocenters. The Morgan fingerprint density at radius 1 is 1.03 bits per heavy atom. The quantitative estimate of drug-likeness (QED) is 0.541. The van der Waals surface area contributed by atoms with Gasteiger partial charge in [-0.05, 0) is 77.5 Å². The maximum Gasteiger partial charge on any atom is 0.0291 e. The number of allylic oxidation sites excluding steroid dienone is 3. The van der Waals surface area contributed by atoms with Crippen LogP contribution < -0.4 is 10.4 Å². The van der Waals surface area contributed by atoms with Crippen molar-refractivity contribution in [2.45, 2.75) is 45.2 Å². The van der Waals surface area contributed by atoms with Gasteiger partial charge in [0.1, 0.15) is 0 Å². The predicted molar refractivity (Wildman–Crippen MR) is 136 cm³/mol. The van der Waals surface area contributed by atoms with Crippen LogP contribution in [-0.2, 0) is 0 Å². The molecular weight excluding hydrogens is 374 g/mol. The molecule has 2 heterocycles. The first-order valence-corrected chi connectivity index (χ1v) is 11.4. The van der Waals surface area contributed by atoms with E-state index in [9.17, 15) is 0 Å². The zero-order valence-electron chi connectivity index (χ0n) is 18.9. The summed E-state index contributed by atoms with van der Waals surface area (Å²) in [6, 6.07) is 16.8. The summed E-state index contributed by atoms with van der Waals surface area (Å²) in [5.74, 6) is 0. The molecule has 4 rings (SSSR count). The van der Waals surface area contributed by atoms with Crippen LogP contribution in [0.4, 0.5) is 0 Å². The van der Waals surface area contributed by atoms with Crippen molar-refractivity contribution in [2.24, 2.45) is 0 Å². The van der Waals surface area contributed by atoms with Gasteiger partial charge in [-0.1, -0.05) is 86.0 Å². The number of benzene rings is 2. The van der Waals surface area contributed by atoms with Gasteiger partial charge >= 0.3 is 0 Å². The molecule has 1 saturated heterocycles. The molecule has 0 saturated carbocycles. The van der Waals surface area contributed by atoms with E-state index in [2.05, 4.69) is 98.7 Å². The van der Waals surface area contributed by atoms with Crippen LogP contribution in [0, 0.1) is 0 Å². The first-order valence-electron chi connectivity index (χ1n) is 11.4. The second-order valence-electron chi connectivity index (χ2n) is 8.62. The summed E-state index contributed by atoms with van der Waals surface area (Å²) in [5.41, 5.74) is 6.75. The molecule has 0 amide bonds. The molecule has 2 aromatic carbocycles. The minimum absolute atomic E-state index is 0.566. The second-order valence-corrected chi connectivity index (χ2v) is 8.62. The highest BCUT2D eigenvalue weighted by Gasteiger charge is 2.36. The molecule has 31 heavy (non-hydrogen) atoms. The fourth-order valence-electron chi connectivity index (χ4n) is 5.00. The fourth-order valence-corrected chi connectivity index (χ4v) is 5.00. The lowest BCUT2D eigenvalue weighted by molar-refractivity contribution is 0.233. The summed E-state index contributed by atoms with van der Waals surface area (Å²) in [6.45, 7) is 13.3. The standard InChI is InChI=1S/C30H33N/c1-5-8-23(7-3)21-31-29-16-17-30(31)20-28(19-29)26-13-11-25(12-14-26)27-15-10-24(9-6-2)22(4)18-27/h5-15,18-19,29-30H,2,4,16-17,20-21H2,1,3H3. The van der Waals surface area contributed by atoms with Crippen molar-refractivity contribution in [1.82, 2.24) is 4.90 Å². The van der Waals surface area contributed by atoms with Crippen LogP contribution in [0.15, 0.2) is 85.0 Å². The Hall–Kier alpha value is -2.90. The molecule has 0 spiro atoms. The largest absolute Gasteiger partial charge is 0.289 e. The molecule has 0 N–H and O–H groups in total. The van der Waals surface area contributed by atoms with Crippen LogP contribution in [0.25, 0.3) is 29.4 Å². The summed E-state index contributed by atoms with van der Waals surface area (Å²) < 4.78 is 0. The molecule has 1 fully saturated rings. The van der Waals surface area contributed by atoms with Crippen LogP contribution in [0.3, 0.4) is 0 Å². The van der Waals surface area contributed by atoms with Gasteiger partial charge in [-0.25, -0.2) is 0 Å². The van der Waals surface area contributed by atoms with Gasteiger partial charge in [-0.3, -0.25) is 4.90 Å². The van der Waals surface area contributed by atoms with E-state index in [1.165, 1.54) is 40.7 Å². The summed E-state index contributed by atoms with van der Waals surface area (Å²) in [4.78, 5) is 2.70. The Morgan fingerprint density at radius 2 is 1.77 bits per heavy atom. The Kier molecular flexibility index (Phi) is 6.53. The van der Waals surface area contributed by atoms with Gasteiger partial charge < -0.3 is 0 Å². The van der Waals surface area contributed by atoms with Crippen molar-refractivity contribution in [3.8, 4) is 11.1 Å². The third-order valence-electron chi connectivity index (χ3n) is 6.69. The lowest BCUT2D eigenvalue weighted by Crippen LogP contribution is -2.39. The van der Waals surface area contributed by atoms with Gasteiger partial charge in [0.15, 0.2) is 0 Å². The van der Waals surface area contributed by atoms with Gasteiger partial charge in [0.2, 0.25) is 0 Å². The molecule has 0 aliphatic carbocycles.